The fourth-order valence-corrected chi connectivity index (χ4v) is 7.73. The molecule has 11 amide bonds. The molecule has 1 fully saturated rings. The summed E-state index contributed by atoms with van der Waals surface area (Å²) in [6.07, 6.45) is 4.45. The largest absolute Gasteiger partial charge is 0.508 e. The van der Waals surface area contributed by atoms with Gasteiger partial charge in [0.1, 0.15) is 48.0 Å². The number of hydrogen-bond acceptors (Lipinski definition) is 15. The van der Waals surface area contributed by atoms with Crippen molar-refractivity contribution in [2.75, 3.05) is 13.2 Å². The maximum atomic E-state index is 14.1. The predicted molar refractivity (Wildman–Crippen MR) is 260 cm³/mol. The number of nitrogens with two attached hydrogens (primary N) is 3. The molecular weight excluding hydrogens is 959 g/mol. The third-order valence-corrected chi connectivity index (χ3v) is 11.8. The van der Waals surface area contributed by atoms with Crippen molar-refractivity contribution in [3.63, 3.8) is 0 Å². The van der Waals surface area contributed by atoms with Crippen molar-refractivity contribution in [3.8, 4) is 5.75 Å². The highest BCUT2D eigenvalue weighted by atomic mass is 16.3. The number of hydrogen-bond donors (Lipinski definition) is 15. The SMILES string of the molecule is CCCCCCCCCCCCC1CC(=O)NC(CO)C(=O)NC(CCC(N)=O)C(=O)NC(CC(N)=O)C(=O)NC(Cc2ccc(O)cc2)C(=O)NC(CC(N)=O)C(=O)NC(CO)C(=O)NC(C(C)O)C(=O)N1. The Balaban J connectivity index is 2.67. The van der Waals surface area contributed by atoms with Crippen LogP contribution in [0.4, 0.5) is 0 Å². The molecule has 0 spiro atoms. The van der Waals surface area contributed by atoms with Crippen LogP contribution >= 0.6 is 0 Å². The van der Waals surface area contributed by atoms with E-state index in [1.165, 1.54) is 30.7 Å². The fourth-order valence-electron chi connectivity index (χ4n) is 7.73. The molecule has 0 aliphatic carbocycles. The average molecular weight is 1030 g/mol. The molecule has 9 atom stereocenters. The van der Waals surface area contributed by atoms with Crippen molar-refractivity contribution < 1.29 is 73.2 Å². The zero-order valence-corrected chi connectivity index (χ0v) is 41.5. The van der Waals surface area contributed by atoms with Crippen LogP contribution in [0.3, 0.4) is 0 Å². The minimum absolute atomic E-state index is 0.179. The Morgan fingerprint density at radius 1 is 0.534 bits per heavy atom. The van der Waals surface area contributed by atoms with E-state index in [9.17, 15) is 73.2 Å². The van der Waals surface area contributed by atoms with E-state index in [2.05, 4.69) is 49.5 Å². The van der Waals surface area contributed by atoms with E-state index in [4.69, 9.17) is 17.2 Å². The van der Waals surface area contributed by atoms with Crippen LogP contribution in [0.15, 0.2) is 24.3 Å². The summed E-state index contributed by atoms with van der Waals surface area (Å²) >= 11 is 0. The van der Waals surface area contributed by atoms with Crippen LogP contribution in [-0.4, -0.2) is 153 Å². The zero-order valence-electron chi connectivity index (χ0n) is 41.5. The van der Waals surface area contributed by atoms with Crippen molar-refractivity contribution in [1.82, 2.24) is 42.5 Å². The molecule has 1 saturated heterocycles. The van der Waals surface area contributed by atoms with Gasteiger partial charge in [0.2, 0.25) is 65.0 Å². The molecule has 1 aromatic rings. The van der Waals surface area contributed by atoms with Crippen LogP contribution < -0.4 is 59.7 Å². The molecule has 0 saturated carbocycles. The molecule has 1 aliphatic heterocycles. The van der Waals surface area contributed by atoms with E-state index in [1.807, 2.05) is 0 Å². The van der Waals surface area contributed by atoms with Crippen LogP contribution in [0.25, 0.3) is 0 Å². The number of rotatable bonds is 23. The van der Waals surface area contributed by atoms with Gasteiger partial charge in [-0.15, -0.1) is 0 Å². The topological polar surface area (TPSA) is 443 Å². The van der Waals surface area contributed by atoms with Gasteiger partial charge in [-0.2, -0.15) is 0 Å². The van der Waals surface area contributed by atoms with Gasteiger partial charge < -0.3 is 80.2 Å². The van der Waals surface area contributed by atoms with Crippen molar-refractivity contribution in [1.29, 1.82) is 0 Å². The van der Waals surface area contributed by atoms with Crippen molar-refractivity contribution in [3.05, 3.63) is 29.8 Å². The molecule has 0 bridgehead atoms. The number of carbonyl (C=O) groups excluding carboxylic acids is 11. The minimum Gasteiger partial charge on any atom is -0.508 e. The highest BCUT2D eigenvalue weighted by Gasteiger charge is 2.36. The van der Waals surface area contributed by atoms with Crippen molar-refractivity contribution in [2.24, 2.45) is 17.2 Å². The molecule has 0 aromatic heterocycles. The van der Waals surface area contributed by atoms with E-state index in [0.29, 0.717) is 12.8 Å². The number of amides is 11. The lowest BCUT2D eigenvalue weighted by Gasteiger charge is -2.28. The van der Waals surface area contributed by atoms with Crippen molar-refractivity contribution in [2.45, 2.75) is 177 Å². The molecule has 0 radical (unpaired) electrons. The monoisotopic (exact) mass is 1030 g/mol. The Labute approximate surface area is 423 Å². The second-order valence-corrected chi connectivity index (χ2v) is 18.1. The average Bonchev–Trinajstić information content (AvgIpc) is 3.32. The molecule has 18 N–H and O–H groups in total. The maximum Gasteiger partial charge on any atom is 0.245 e. The number of nitrogens with one attached hydrogen (secondary N) is 8. The first kappa shape index (κ1) is 62.2. The van der Waals surface area contributed by atoms with E-state index < -0.39 is 171 Å². The molecule has 1 aliphatic rings. The van der Waals surface area contributed by atoms with Gasteiger partial charge in [-0.25, -0.2) is 0 Å². The molecule has 408 valence electrons. The van der Waals surface area contributed by atoms with Gasteiger partial charge >= 0.3 is 0 Å². The third kappa shape index (κ3) is 23.9. The normalized spacial score (nSPS) is 23.8. The number of phenolic OH excluding ortho intramolecular Hbond substituents is 1. The van der Waals surface area contributed by atoms with Gasteiger partial charge in [0, 0.05) is 25.3 Å². The van der Waals surface area contributed by atoms with Gasteiger partial charge in [0.25, 0.3) is 0 Å². The van der Waals surface area contributed by atoms with Gasteiger partial charge in [-0.1, -0.05) is 83.3 Å². The summed E-state index contributed by atoms with van der Waals surface area (Å²) in [4.78, 5) is 147. The number of phenols is 1. The molecule has 26 heteroatoms. The first-order valence-electron chi connectivity index (χ1n) is 24.5. The number of primary amides is 3. The van der Waals surface area contributed by atoms with Crippen LogP contribution in [0, 0.1) is 0 Å². The Bertz CT molecular complexity index is 2040. The van der Waals surface area contributed by atoms with Crippen LogP contribution in [-0.2, 0) is 59.2 Å². The molecule has 2 rings (SSSR count). The lowest BCUT2D eigenvalue weighted by atomic mass is 10.0. The summed E-state index contributed by atoms with van der Waals surface area (Å²) in [5.74, 6) is -12.6. The summed E-state index contributed by atoms with van der Waals surface area (Å²) in [5, 5.41) is 59.6. The first-order chi connectivity index (χ1) is 34.6. The third-order valence-electron chi connectivity index (χ3n) is 11.8. The standard InChI is InChI=1S/C47H75N11O15/c1-3-4-5-6-7-8-9-10-11-12-13-28-21-39(66)52-34(24-59)45(71)53-30(18-19-36(48)63)41(67)55-32(22-37(49)64)43(69)54-31(20-27-14-16-29(62)17-15-27)42(68)56-33(23-38(50)65)44(70)57-35(25-60)46(72)58-40(26(2)61)47(73)51-28/h14-17,26,28,30-35,40,59-62H,3-13,18-25H2,1-2H3,(H2,48,63)(H2,49,64)(H2,50,65)(H,51,73)(H,52,66)(H,53,71)(H,54,69)(H,55,67)(H,56,68)(H,57,70)(H,58,72). The minimum atomic E-state index is -1.91. The zero-order chi connectivity index (χ0) is 54.6. The van der Waals surface area contributed by atoms with Gasteiger partial charge in [-0.3, -0.25) is 52.7 Å². The second-order valence-electron chi connectivity index (χ2n) is 18.1. The fraction of sp³-hybridized carbons (Fsp3) is 0.638. The number of aliphatic hydroxyl groups is 3. The number of carbonyl (C=O) groups is 11. The lowest BCUT2D eigenvalue weighted by Crippen LogP contribution is -2.62. The summed E-state index contributed by atoms with van der Waals surface area (Å²) < 4.78 is 0. The Kier molecular flexibility index (Phi) is 28.0. The maximum absolute atomic E-state index is 14.1. The number of aliphatic hydroxyl groups excluding tert-OH is 3. The molecule has 1 aromatic carbocycles. The summed E-state index contributed by atoms with van der Waals surface area (Å²) in [5.41, 5.74) is 16.5. The second kappa shape index (κ2) is 32.9. The molecule has 73 heavy (non-hydrogen) atoms. The van der Waals surface area contributed by atoms with E-state index in [0.717, 1.165) is 51.9 Å². The van der Waals surface area contributed by atoms with Gasteiger partial charge in [0.15, 0.2) is 0 Å². The summed E-state index contributed by atoms with van der Waals surface area (Å²) in [6.45, 7) is 1.13. The van der Waals surface area contributed by atoms with Crippen LogP contribution in [0.5, 0.6) is 5.75 Å². The molecular formula is C47H75N11O15. The van der Waals surface area contributed by atoms with Crippen LogP contribution in [0.2, 0.25) is 0 Å². The highest BCUT2D eigenvalue weighted by molar-refractivity contribution is 6.00. The number of unbranched alkanes of at least 4 members (excludes halogenated alkanes) is 9. The van der Waals surface area contributed by atoms with E-state index >= 15 is 0 Å². The summed E-state index contributed by atoms with van der Waals surface area (Å²) in [6, 6.07) is -8.51. The smallest absolute Gasteiger partial charge is 0.245 e. The Morgan fingerprint density at radius 2 is 0.959 bits per heavy atom. The highest BCUT2D eigenvalue weighted by Crippen LogP contribution is 2.15. The number of aromatic hydroxyl groups is 1. The van der Waals surface area contributed by atoms with E-state index in [-0.39, 0.29) is 17.7 Å². The van der Waals surface area contributed by atoms with E-state index in [1.54, 1.807) is 0 Å². The van der Waals surface area contributed by atoms with Crippen LogP contribution in [0.1, 0.15) is 122 Å². The summed E-state index contributed by atoms with van der Waals surface area (Å²) in [7, 11) is 0. The molecule has 1 heterocycles. The predicted octanol–water partition coefficient (Wildman–Crippen LogP) is -4.09. The Hall–Kier alpha value is -6.93. The molecule has 9 unspecified atom stereocenters. The quantitative estimate of drug-likeness (QED) is 0.0464. The first-order valence-corrected chi connectivity index (χ1v) is 24.5. The number of benzene rings is 1. The van der Waals surface area contributed by atoms with Gasteiger partial charge in [0.05, 0.1) is 32.2 Å². The lowest BCUT2D eigenvalue weighted by molar-refractivity contribution is -0.137. The molecule has 26 nitrogen and oxygen atoms in total. The van der Waals surface area contributed by atoms with Gasteiger partial charge in [-0.05, 0) is 37.5 Å². The Morgan fingerprint density at radius 3 is 1.45 bits per heavy atom. The van der Waals surface area contributed by atoms with Crippen molar-refractivity contribution >= 4 is 65.0 Å².